The summed E-state index contributed by atoms with van der Waals surface area (Å²) in [5, 5.41) is 17.4. The zero-order valence-electron chi connectivity index (χ0n) is 13.3. The first-order chi connectivity index (χ1) is 10.2. The monoisotopic (exact) mass is 314 g/mol. The summed E-state index contributed by atoms with van der Waals surface area (Å²) in [6.07, 6.45) is 2.29. The van der Waals surface area contributed by atoms with Crippen LogP contribution in [0, 0.1) is 10.1 Å². The number of carbonyl (C=O) groups excluding carboxylic acids is 1. The van der Waals surface area contributed by atoms with E-state index in [2.05, 4.69) is 10.4 Å². The van der Waals surface area contributed by atoms with E-state index in [9.17, 15) is 14.9 Å². The van der Waals surface area contributed by atoms with Crippen molar-refractivity contribution < 1.29 is 19.2 Å². The van der Waals surface area contributed by atoms with Gasteiger partial charge in [-0.15, -0.1) is 5.10 Å². The molecule has 0 bridgehead atoms. The fraction of sp³-hybridized carbons (Fsp3) is 0.692. The number of aryl methyl sites for hydroxylation is 1. The summed E-state index contributed by atoms with van der Waals surface area (Å²) in [5.41, 5.74) is -0.677. The van der Waals surface area contributed by atoms with E-state index in [0.717, 1.165) is 0 Å². The molecule has 0 aliphatic rings. The predicted octanol–water partition coefficient (Wildman–Crippen LogP) is 2.10. The molecule has 0 saturated heterocycles. The van der Waals surface area contributed by atoms with Gasteiger partial charge in [0.1, 0.15) is 11.8 Å². The predicted molar refractivity (Wildman–Crippen MR) is 78.9 cm³/mol. The number of nitrogens with one attached hydrogen (secondary N) is 1. The number of nitrogens with zero attached hydrogens (tertiary/aromatic N) is 3. The van der Waals surface area contributed by atoms with E-state index in [1.54, 1.807) is 20.8 Å². The Balaban J connectivity index is 2.31. The van der Waals surface area contributed by atoms with Crippen LogP contribution in [-0.2, 0) is 11.3 Å². The van der Waals surface area contributed by atoms with Crippen LogP contribution in [0.5, 0.6) is 5.88 Å². The molecule has 0 saturated carbocycles. The minimum absolute atomic E-state index is 0.00289. The number of rotatable bonds is 7. The Labute approximate surface area is 128 Å². The molecule has 0 unspecified atom stereocenters. The average Bonchev–Trinajstić information content (AvgIpc) is 2.79. The van der Waals surface area contributed by atoms with Crippen LogP contribution in [0.2, 0.25) is 0 Å². The molecular weight excluding hydrogens is 292 g/mol. The SMILES string of the molecule is COc1nn(CCCCNC(=O)OC(C)(C)C)cc1[N+](=O)[O-]. The normalized spacial score (nSPS) is 11.1. The number of carbonyl (C=O) groups is 1. The number of hydrogen-bond acceptors (Lipinski definition) is 6. The van der Waals surface area contributed by atoms with Crippen molar-refractivity contribution in [2.24, 2.45) is 0 Å². The van der Waals surface area contributed by atoms with Gasteiger partial charge in [0, 0.05) is 13.1 Å². The zero-order chi connectivity index (χ0) is 16.8. The molecule has 0 radical (unpaired) electrons. The van der Waals surface area contributed by atoms with Crippen LogP contribution in [0.4, 0.5) is 10.5 Å². The van der Waals surface area contributed by atoms with Crippen LogP contribution in [0.3, 0.4) is 0 Å². The molecule has 22 heavy (non-hydrogen) atoms. The first kappa shape index (κ1) is 17.7. The summed E-state index contributed by atoms with van der Waals surface area (Å²) in [5.74, 6) is -0.00289. The minimum atomic E-state index is -0.535. The molecule has 0 aromatic carbocycles. The molecule has 1 amide bonds. The number of amides is 1. The van der Waals surface area contributed by atoms with E-state index in [-0.39, 0.29) is 11.6 Å². The second-order valence-corrected chi connectivity index (χ2v) is 5.68. The highest BCUT2D eigenvalue weighted by molar-refractivity contribution is 5.67. The lowest BCUT2D eigenvalue weighted by Crippen LogP contribution is -2.33. The largest absolute Gasteiger partial charge is 0.475 e. The fourth-order valence-corrected chi connectivity index (χ4v) is 1.68. The summed E-state index contributed by atoms with van der Waals surface area (Å²) in [6, 6.07) is 0. The van der Waals surface area contributed by atoms with Gasteiger partial charge in [-0.3, -0.25) is 14.8 Å². The van der Waals surface area contributed by atoms with Crippen molar-refractivity contribution in [2.45, 2.75) is 45.8 Å². The third kappa shape index (κ3) is 5.98. The number of unbranched alkanes of at least 4 members (excludes halogenated alkanes) is 1. The Morgan fingerprint density at radius 2 is 2.14 bits per heavy atom. The van der Waals surface area contributed by atoms with Crippen molar-refractivity contribution in [3.8, 4) is 5.88 Å². The minimum Gasteiger partial charge on any atom is -0.475 e. The zero-order valence-corrected chi connectivity index (χ0v) is 13.3. The van der Waals surface area contributed by atoms with Gasteiger partial charge >= 0.3 is 17.7 Å². The molecule has 1 rings (SSSR count). The molecule has 124 valence electrons. The Morgan fingerprint density at radius 3 is 2.64 bits per heavy atom. The van der Waals surface area contributed by atoms with Crippen LogP contribution in [-0.4, -0.2) is 40.1 Å². The lowest BCUT2D eigenvalue weighted by atomic mass is 10.2. The van der Waals surface area contributed by atoms with E-state index in [0.29, 0.717) is 25.9 Å². The molecular formula is C13H22N4O5. The van der Waals surface area contributed by atoms with Gasteiger partial charge in [0.25, 0.3) is 0 Å². The van der Waals surface area contributed by atoms with Gasteiger partial charge in [-0.2, -0.15) is 0 Å². The average molecular weight is 314 g/mol. The number of hydrogen-bond donors (Lipinski definition) is 1. The molecule has 1 heterocycles. The molecule has 9 heteroatoms. The highest BCUT2D eigenvalue weighted by Gasteiger charge is 2.20. The van der Waals surface area contributed by atoms with Crippen LogP contribution in [0.15, 0.2) is 6.20 Å². The van der Waals surface area contributed by atoms with Gasteiger partial charge in [0.05, 0.1) is 12.0 Å². The standard InChI is InChI=1S/C13H22N4O5/c1-13(2,3)22-12(18)14-7-5-6-8-16-9-10(17(19)20)11(15-16)21-4/h9H,5-8H2,1-4H3,(H,14,18). The maximum absolute atomic E-state index is 11.4. The third-order valence-corrected chi connectivity index (χ3v) is 2.58. The van der Waals surface area contributed by atoms with E-state index in [1.807, 2.05) is 0 Å². The molecule has 1 aromatic heterocycles. The van der Waals surface area contributed by atoms with Crippen molar-refractivity contribution in [3.05, 3.63) is 16.3 Å². The van der Waals surface area contributed by atoms with E-state index in [4.69, 9.17) is 9.47 Å². The summed E-state index contributed by atoms with van der Waals surface area (Å²) < 4.78 is 11.4. The molecule has 0 atom stereocenters. The van der Waals surface area contributed by atoms with Crippen molar-refractivity contribution in [1.29, 1.82) is 0 Å². The van der Waals surface area contributed by atoms with E-state index < -0.39 is 16.6 Å². The summed E-state index contributed by atoms with van der Waals surface area (Å²) in [6.45, 7) is 6.36. The van der Waals surface area contributed by atoms with Crippen molar-refractivity contribution >= 4 is 11.8 Å². The maximum atomic E-state index is 11.4. The highest BCUT2D eigenvalue weighted by Crippen LogP contribution is 2.23. The second kappa shape index (κ2) is 7.62. The van der Waals surface area contributed by atoms with Crippen LogP contribution < -0.4 is 10.1 Å². The molecule has 1 N–H and O–H groups in total. The quantitative estimate of drug-likeness (QED) is 0.469. The van der Waals surface area contributed by atoms with Crippen LogP contribution in [0.25, 0.3) is 0 Å². The van der Waals surface area contributed by atoms with Gasteiger partial charge in [-0.25, -0.2) is 4.79 Å². The first-order valence-corrected chi connectivity index (χ1v) is 6.95. The fourth-order valence-electron chi connectivity index (χ4n) is 1.68. The molecule has 1 aromatic rings. The van der Waals surface area contributed by atoms with Gasteiger partial charge in [0.2, 0.25) is 0 Å². The van der Waals surface area contributed by atoms with Gasteiger partial charge < -0.3 is 14.8 Å². The second-order valence-electron chi connectivity index (χ2n) is 5.68. The smallest absolute Gasteiger partial charge is 0.407 e. The summed E-state index contributed by atoms with van der Waals surface area (Å²) in [4.78, 5) is 21.6. The van der Waals surface area contributed by atoms with Crippen molar-refractivity contribution in [3.63, 3.8) is 0 Å². The molecule has 9 nitrogen and oxygen atoms in total. The number of ether oxygens (including phenoxy) is 2. The molecule has 0 aliphatic carbocycles. The Kier molecular flexibility index (Phi) is 6.14. The van der Waals surface area contributed by atoms with E-state index >= 15 is 0 Å². The lowest BCUT2D eigenvalue weighted by Gasteiger charge is -2.19. The Hall–Kier alpha value is -2.32. The number of nitro groups is 1. The first-order valence-electron chi connectivity index (χ1n) is 6.95. The van der Waals surface area contributed by atoms with Gasteiger partial charge in [0.15, 0.2) is 0 Å². The van der Waals surface area contributed by atoms with Crippen molar-refractivity contribution in [1.82, 2.24) is 15.1 Å². The third-order valence-electron chi connectivity index (χ3n) is 2.58. The number of aromatic nitrogens is 2. The van der Waals surface area contributed by atoms with Crippen molar-refractivity contribution in [2.75, 3.05) is 13.7 Å². The molecule has 0 spiro atoms. The Bertz CT molecular complexity index is 521. The molecule has 0 aliphatic heterocycles. The number of methoxy groups -OCH3 is 1. The van der Waals surface area contributed by atoms with E-state index in [1.165, 1.54) is 18.0 Å². The summed E-state index contributed by atoms with van der Waals surface area (Å²) >= 11 is 0. The molecule has 0 fully saturated rings. The van der Waals surface area contributed by atoms with Gasteiger partial charge in [-0.1, -0.05) is 0 Å². The summed E-state index contributed by atoms with van der Waals surface area (Å²) in [7, 11) is 1.34. The lowest BCUT2D eigenvalue weighted by molar-refractivity contribution is -0.385. The Morgan fingerprint density at radius 1 is 1.45 bits per heavy atom. The number of alkyl carbamates (subject to hydrolysis) is 1. The van der Waals surface area contributed by atoms with Gasteiger partial charge in [-0.05, 0) is 33.6 Å². The van der Waals surface area contributed by atoms with Crippen LogP contribution >= 0.6 is 0 Å². The maximum Gasteiger partial charge on any atom is 0.407 e. The topological polar surface area (TPSA) is 109 Å². The van der Waals surface area contributed by atoms with Crippen LogP contribution in [0.1, 0.15) is 33.6 Å². The highest BCUT2D eigenvalue weighted by atomic mass is 16.6.